The van der Waals surface area contributed by atoms with Gasteiger partial charge in [0.2, 0.25) is 0 Å². The quantitative estimate of drug-likeness (QED) is 0.612. The van der Waals surface area contributed by atoms with E-state index < -0.39 is 0 Å². The second-order valence-corrected chi connectivity index (χ2v) is 7.07. The van der Waals surface area contributed by atoms with Crippen LogP contribution in [0, 0.1) is 0 Å². The van der Waals surface area contributed by atoms with Crippen molar-refractivity contribution in [2.45, 2.75) is 6.54 Å². The molecule has 2 aliphatic rings. The van der Waals surface area contributed by atoms with Gasteiger partial charge in [0.05, 0.1) is 29.0 Å². The van der Waals surface area contributed by atoms with E-state index in [0.29, 0.717) is 20.6 Å². The molecule has 24 heavy (non-hydrogen) atoms. The lowest BCUT2D eigenvalue weighted by Gasteiger charge is -2.12. The van der Waals surface area contributed by atoms with Gasteiger partial charge >= 0.3 is 0 Å². The molecule has 1 fully saturated rings. The topological polar surface area (TPSA) is 53.8 Å². The number of thiocarbonyl (C=S) groups is 1. The third-order valence-corrected chi connectivity index (χ3v) is 5.47. The van der Waals surface area contributed by atoms with Crippen molar-refractivity contribution < 1.29 is 14.0 Å². The van der Waals surface area contributed by atoms with Crippen LogP contribution in [-0.4, -0.2) is 28.1 Å². The van der Waals surface area contributed by atoms with Gasteiger partial charge in [-0.15, -0.1) is 0 Å². The number of rotatable bonds is 2. The van der Waals surface area contributed by atoms with Gasteiger partial charge in [0.1, 0.15) is 10.1 Å². The molecule has 1 saturated heterocycles. The first-order valence-electron chi connectivity index (χ1n) is 7.25. The Morgan fingerprint density at radius 1 is 1.12 bits per heavy atom. The molecule has 0 aliphatic carbocycles. The summed E-state index contributed by atoms with van der Waals surface area (Å²) in [4.78, 5) is 28.9. The number of fused-ring (bicyclic) bond motifs is 1. The van der Waals surface area contributed by atoms with E-state index in [1.807, 2.05) is 24.3 Å². The van der Waals surface area contributed by atoms with Crippen molar-refractivity contribution >= 4 is 51.4 Å². The summed E-state index contributed by atoms with van der Waals surface area (Å²) in [5.41, 5.74) is 1.99. The predicted octanol–water partition coefficient (Wildman–Crippen LogP) is 3.03. The Balaban J connectivity index is 1.77. The number of para-hydroxylation sites is 1. The molecule has 1 aromatic heterocycles. The second-order valence-electron chi connectivity index (χ2n) is 5.42. The summed E-state index contributed by atoms with van der Waals surface area (Å²) >= 11 is 6.51. The molecule has 4 rings (SSSR count). The monoisotopic (exact) mass is 356 g/mol. The first-order chi connectivity index (χ1) is 11.6. The molecule has 0 spiro atoms. The highest BCUT2D eigenvalue weighted by molar-refractivity contribution is 8.26. The van der Waals surface area contributed by atoms with E-state index in [1.54, 1.807) is 30.3 Å². The molecule has 5 nitrogen and oxygen atoms in total. The molecule has 0 atom stereocenters. The summed E-state index contributed by atoms with van der Waals surface area (Å²) in [5.74, 6) is 0.206. The van der Waals surface area contributed by atoms with E-state index >= 15 is 0 Å². The standard InChI is InChI=1S/C17H12N2O3S2/c1-18-12-7-3-2-6-11(12)13(15(18)20)14-16(21)19(17(23)24-14)9-10-5-4-8-22-10/h2-8H,9H2,1H3/b14-13-. The summed E-state index contributed by atoms with van der Waals surface area (Å²) in [6.45, 7) is 0.264. The van der Waals surface area contributed by atoms with Crippen LogP contribution < -0.4 is 4.90 Å². The summed E-state index contributed by atoms with van der Waals surface area (Å²) in [7, 11) is 1.71. The maximum atomic E-state index is 12.8. The van der Waals surface area contributed by atoms with Crippen molar-refractivity contribution in [2.24, 2.45) is 0 Å². The maximum Gasteiger partial charge on any atom is 0.267 e. The van der Waals surface area contributed by atoms with Gasteiger partial charge in [-0.25, -0.2) is 0 Å². The molecular weight excluding hydrogens is 344 g/mol. The van der Waals surface area contributed by atoms with Crippen molar-refractivity contribution in [1.29, 1.82) is 0 Å². The van der Waals surface area contributed by atoms with Crippen LogP contribution in [0.3, 0.4) is 0 Å². The summed E-state index contributed by atoms with van der Waals surface area (Å²) in [6.07, 6.45) is 1.55. The van der Waals surface area contributed by atoms with Gasteiger partial charge in [-0.3, -0.25) is 14.5 Å². The Bertz CT molecular complexity index is 902. The number of carbonyl (C=O) groups excluding carboxylic acids is 2. The smallest absolute Gasteiger partial charge is 0.267 e. The molecule has 2 aliphatic heterocycles. The minimum Gasteiger partial charge on any atom is -0.467 e. The maximum absolute atomic E-state index is 12.8. The lowest BCUT2D eigenvalue weighted by Crippen LogP contribution is -2.28. The number of amides is 2. The van der Waals surface area contributed by atoms with Crippen molar-refractivity contribution in [3.05, 3.63) is 58.9 Å². The average molecular weight is 356 g/mol. The SMILES string of the molecule is CN1C(=O)/C(=C2\SC(=S)N(Cc3ccco3)C2=O)c2ccccc21. The Labute approximate surface area is 147 Å². The fourth-order valence-electron chi connectivity index (χ4n) is 2.83. The molecule has 120 valence electrons. The lowest BCUT2D eigenvalue weighted by atomic mass is 10.1. The van der Waals surface area contributed by atoms with Gasteiger partial charge in [-0.1, -0.05) is 42.2 Å². The molecule has 1 aromatic carbocycles. The van der Waals surface area contributed by atoms with Crippen LogP contribution in [0.5, 0.6) is 0 Å². The minimum atomic E-state index is -0.255. The van der Waals surface area contributed by atoms with E-state index in [1.165, 1.54) is 16.7 Å². The molecule has 0 saturated carbocycles. The fourth-order valence-corrected chi connectivity index (χ4v) is 4.16. The molecule has 7 heteroatoms. The molecule has 2 amide bonds. The minimum absolute atomic E-state index is 0.185. The van der Waals surface area contributed by atoms with Crippen molar-refractivity contribution in [1.82, 2.24) is 4.90 Å². The number of hydrogen-bond donors (Lipinski definition) is 0. The number of thioether (sulfide) groups is 1. The van der Waals surface area contributed by atoms with Crippen molar-refractivity contribution in [2.75, 3.05) is 11.9 Å². The highest BCUT2D eigenvalue weighted by atomic mass is 32.2. The largest absolute Gasteiger partial charge is 0.467 e. The van der Waals surface area contributed by atoms with Gasteiger partial charge in [-0.2, -0.15) is 0 Å². The van der Waals surface area contributed by atoms with E-state index in [4.69, 9.17) is 16.6 Å². The first-order valence-corrected chi connectivity index (χ1v) is 8.48. The zero-order valence-electron chi connectivity index (χ0n) is 12.7. The number of nitrogens with zero attached hydrogens (tertiary/aromatic N) is 2. The summed E-state index contributed by atoms with van der Waals surface area (Å²) < 4.78 is 5.72. The third-order valence-electron chi connectivity index (χ3n) is 4.02. The number of anilines is 1. The Hall–Kier alpha value is -2.38. The normalized spacial score (nSPS) is 20.3. The summed E-state index contributed by atoms with van der Waals surface area (Å²) in [6, 6.07) is 11.0. The first kappa shape index (κ1) is 15.2. The summed E-state index contributed by atoms with van der Waals surface area (Å²) in [5, 5.41) is 0. The Morgan fingerprint density at radius 2 is 1.92 bits per heavy atom. The zero-order valence-corrected chi connectivity index (χ0v) is 14.3. The van der Waals surface area contributed by atoms with E-state index in [0.717, 1.165) is 11.3 Å². The second kappa shape index (κ2) is 5.61. The number of carbonyl (C=O) groups is 2. The third kappa shape index (κ3) is 2.20. The number of hydrogen-bond acceptors (Lipinski definition) is 5. The van der Waals surface area contributed by atoms with Gasteiger partial charge in [0.15, 0.2) is 0 Å². The molecule has 0 bridgehead atoms. The van der Waals surface area contributed by atoms with Crippen LogP contribution in [0.2, 0.25) is 0 Å². The molecule has 0 radical (unpaired) electrons. The van der Waals surface area contributed by atoms with Crippen LogP contribution in [0.25, 0.3) is 5.57 Å². The highest BCUT2D eigenvalue weighted by Gasteiger charge is 2.41. The zero-order chi connectivity index (χ0) is 16.8. The molecule has 2 aromatic rings. The van der Waals surface area contributed by atoms with Crippen LogP contribution in [-0.2, 0) is 16.1 Å². The average Bonchev–Trinajstić information content (AvgIpc) is 3.25. The molecule has 0 unspecified atom stereocenters. The molecular formula is C17H12N2O3S2. The Morgan fingerprint density at radius 3 is 2.67 bits per heavy atom. The van der Waals surface area contributed by atoms with Crippen LogP contribution >= 0.6 is 24.0 Å². The highest BCUT2D eigenvalue weighted by Crippen LogP contribution is 2.44. The predicted molar refractivity (Wildman–Crippen MR) is 96.2 cm³/mol. The van der Waals surface area contributed by atoms with Gasteiger partial charge in [-0.05, 0) is 18.2 Å². The molecule has 0 N–H and O–H groups in total. The van der Waals surface area contributed by atoms with Crippen LogP contribution in [0.4, 0.5) is 5.69 Å². The van der Waals surface area contributed by atoms with Crippen molar-refractivity contribution in [3.8, 4) is 0 Å². The Kier molecular flexibility index (Phi) is 3.54. The van der Waals surface area contributed by atoms with E-state index in [-0.39, 0.29) is 18.4 Å². The van der Waals surface area contributed by atoms with Crippen molar-refractivity contribution in [3.63, 3.8) is 0 Å². The fraction of sp³-hybridized carbons (Fsp3) is 0.118. The van der Waals surface area contributed by atoms with Crippen LogP contribution in [0.1, 0.15) is 11.3 Å². The van der Waals surface area contributed by atoms with Gasteiger partial charge in [0.25, 0.3) is 11.8 Å². The van der Waals surface area contributed by atoms with Gasteiger partial charge < -0.3 is 9.32 Å². The van der Waals surface area contributed by atoms with Gasteiger partial charge in [0, 0.05) is 12.6 Å². The lowest BCUT2D eigenvalue weighted by molar-refractivity contribution is -0.123. The number of likely N-dealkylation sites (N-methyl/N-ethyl adjacent to an activating group) is 1. The van der Waals surface area contributed by atoms with Crippen LogP contribution in [0.15, 0.2) is 52.0 Å². The molecule has 3 heterocycles. The van der Waals surface area contributed by atoms with E-state index in [9.17, 15) is 9.59 Å². The number of furan rings is 1. The van der Waals surface area contributed by atoms with E-state index in [2.05, 4.69) is 0 Å². The number of benzene rings is 1.